The Kier molecular flexibility index (Phi) is 4.77. The molecular formula is C6H12ClNO. The molecule has 1 atom stereocenters. The summed E-state index contributed by atoms with van der Waals surface area (Å²) in [5.74, 6) is 0. The molecule has 2 nitrogen and oxygen atoms in total. The van der Waals surface area contributed by atoms with Crippen LogP contribution in [-0.4, -0.2) is 25.8 Å². The van der Waals surface area contributed by atoms with Crippen LogP contribution in [0.5, 0.6) is 0 Å². The summed E-state index contributed by atoms with van der Waals surface area (Å²) in [5.41, 5.74) is 0. The van der Waals surface area contributed by atoms with Crippen LogP contribution >= 0.6 is 12.4 Å². The van der Waals surface area contributed by atoms with Gasteiger partial charge in [0.15, 0.2) is 0 Å². The predicted octanol–water partition coefficient (Wildman–Crippen LogP) is 0.583. The molecule has 0 spiro atoms. The van der Waals surface area contributed by atoms with E-state index in [-0.39, 0.29) is 12.4 Å². The van der Waals surface area contributed by atoms with Crippen LogP contribution in [0, 0.1) is 0 Å². The van der Waals surface area contributed by atoms with E-state index >= 15 is 0 Å². The van der Waals surface area contributed by atoms with Crippen LogP contribution in [0.1, 0.15) is 0 Å². The molecule has 1 aliphatic heterocycles. The van der Waals surface area contributed by atoms with E-state index in [1.54, 1.807) is 0 Å². The first-order chi connectivity index (χ1) is 3.93. The highest BCUT2D eigenvalue weighted by atomic mass is 35.5. The molecule has 0 radical (unpaired) electrons. The molecule has 0 amide bonds. The molecule has 1 rings (SSSR count). The largest absolute Gasteiger partial charge is 0.372 e. The molecule has 9 heavy (non-hydrogen) atoms. The summed E-state index contributed by atoms with van der Waals surface area (Å²) in [6, 6.07) is 0. The Balaban J connectivity index is 0.000000640. The van der Waals surface area contributed by atoms with Crippen molar-refractivity contribution in [2.24, 2.45) is 0 Å². The van der Waals surface area contributed by atoms with Crippen molar-refractivity contribution in [3.05, 3.63) is 12.7 Å². The molecular weight excluding hydrogens is 138 g/mol. The molecule has 3 heteroatoms. The Bertz CT molecular complexity index is 83.1. The van der Waals surface area contributed by atoms with Crippen molar-refractivity contribution in [1.29, 1.82) is 0 Å². The minimum absolute atomic E-state index is 0. The van der Waals surface area contributed by atoms with Gasteiger partial charge in [0.05, 0.1) is 12.7 Å². The van der Waals surface area contributed by atoms with E-state index in [9.17, 15) is 0 Å². The van der Waals surface area contributed by atoms with Crippen molar-refractivity contribution in [2.45, 2.75) is 6.10 Å². The highest BCUT2D eigenvalue weighted by molar-refractivity contribution is 5.85. The summed E-state index contributed by atoms with van der Waals surface area (Å²) in [6.45, 7) is 6.38. The lowest BCUT2D eigenvalue weighted by molar-refractivity contribution is 0.400. The van der Waals surface area contributed by atoms with Gasteiger partial charge in [-0.15, -0.1) is 19.0 Å². The molecule has 1 fully saturated rings. The lowest BCUT2D eigenvalue weighted by Gasteiger charge is -1.93. The van der Waals surface area contributed by atoms with Gasteiger partial charge in [-0.25, -0.2) is 0 Å². The van der Waals surface area contributed by atoms with Crippen LogP contribution in [0.15, 0.2) is 12.7 Å². The number of nitrogens with one attached hydrogen (secondary N) is 1. The number of rotatable bonds is 4. The van der Waals surface area contributed by atoms with E-state index < -0.39 is 0 Å². The van der Waals surface area contributed by atoms with Crippen molar-refractivity contribution < 1.29 is 4.74 Å². The van der Waals surface area contributed by atoms with Gasteiger partial charge in [0, 0.05) is 13.1 Å². The lowest BCUT2D eigenvalue weighted by atomic mass is 10.4. The van der Waals surface area contributed by atoms with Crippen LogP contribution in [0.3, 0.4) is 0 Å². The van der Waals surface area contributed by atoms with E-state index in [2.05, 4.69) is 11.9 Å². The third-order valence-corrected chi connectivity index (χ3v) is 1.06. The SMILES string of the molecule is C=CCNCC1CO1.Cl. The number of hydrogen-bond donors (Lipinski definition) is 1. The standard InChI is InChI=1S/C6H11NO.ClH/c1-2-3-7-4-6-5-8-6;/h2,6-7H,1,3-5H2;1H. The van der Waals surface area contributed by atoms with Gasteiger partial charge in [-0.1, -0.05) is 6.08 Å². The lowest BCUT2D eigenvalue weighted by Crippen LogP contribution is -2.19. The number of hydrogen-bond acceptors (Lipinski definition) is 2. The van der Waals surface area contributed by atoms with E-state index in [4.69, 9.17) is 4.74 Å². The Morgan fingerprint density at radius 2 is 2.44 bits per heavy atom. The third-order valence-electron chi connectivity index (χ3n) is 1.06. The monoisotopic (exact) mass is 149 g/mol. The molecule has 1 unspecified atom stereocenters. The van der Waals surface area contributed by atoms with Crippen molar-refractivity contribution in [3.8, 4) is 0 Å². The molecule has 0 aliphatic carbocycles. The van der Waals surface area contributed by atoms with Gasteiger partial charge in [0.2, 0.25) is 0 Å². The normalized spacial score (nSPS) is 22.4. The summed E-state index contributed by atoms with van der Waals surface area (Å²) in [5, 5.41) is 3.15. The van der Waals surface area contributed by atoms with E-state index in [0.29, 0.717) is 6.10 Å². The quantitative estimate of drug-likeness (QED) is 0.359. The summed E-state index contributed by atoms with van der Waals surface area (Å²) in [4.78, 5) is 0. The first-order valence-corrected chi connectivity index (χ1v) is 2.86. The number of ether oxygens (including phenoxy) is 1. The molecule has 0 aromatic carbocycles. The Morgan fingerprint density at radius 1 is 1.78 bits per heavy atom. The first-order valence-electron chi connectivity index (χ1n) is 2.86. The maximum absolute atomic E-state index is 4.96. The fraction of sp³-hybridized carbons (Fsp3) is 0.667. The molecule has 0 bridgehead atoms. The average Bonchev–Trinajstić information content (AvgIpc) is 2.51. The van der Waals surface area contributed by atoms with Gasteiger partial charge in [0.1, 0.15) is 0 Å². The maximum Gasteiger partial charge on any atom is 0.0934 e. The van der Waals surface area contributed by atoms with Crippen LogP contribution < -0.4 is 5.32 Å². The molecule has 1 saturated heterocycles. The highest BCUT2D eigenvalue weighted by Gasteiger charge is 2.20. The van der Waals surface area contributed by atoms with E-state index in [1.807, 2.05) is 6.08 Å². The van der Waals surface area contributed by atoms with Crippen molar-refractivity contribution in [1.82, 2.24) is 5.32 Å². The van der Waals surface area contributed by atoms with Gasteiger partial charge < -0.3 is 10.1 Å². The second-order valence-electron chi connectivity index (χ2n) is 1.90. The minimum atomic E-state index is 0. The van der Waals surface area contributed by atoms with Crippen LogP contribution in [-0.2, 0) is 4.74 Å². The van der Waals surface area contributed by atoms with Gasteiger partial charge in [0.25, 0.3) is 0 Å². The fourth-order valence-electron chi connectivity index (χ4n) is 0.532. The van der Waals surface area contributed by atoms with Crippen LogP contribution in [0.2, 0.25) is 0 Å². The zero-order valence-corrected chi connectivity index (χ0v) is 6.12. The maximum atomic E-state index is 4.96. The Morgan fingerprint density at radius 3 is 2.89 bits per heavy atom. The van der Waals surface area contributed by atoms with Crippen LogP contribution in [0.25, 0.3) is 0 Å². The third kappa shape index (κ3) is 4.45. The van der Waals surface area contributed by atoms with Gasteiger partial charge in [-0.3, -0.25) is 0 Å². The summed E-state index contributed by atoms with van der Waals surface area (Å²) in [7, 11) is 0. The fourth-order valence-corrected chi connectivity index (χ4v) is 0.532. The average molecular weight is 150 g/mol. The smallest absolute Gasteiger partial charge is 0.0934 e. The van der Waals surface area contributed by atoms with E-state index in [0.717, 1.165) is 19.7 Å². The Labute approximate surface area is 61.7 Å². The van der Waals surface area contributed by atoms with Crippen molar-refractivity contribution in [2.75, 3.05) is 19.7 Å². The van der Waals surface area contributed by atoms with Crippen molar-refractivity contribution in [3.63, 3.8) is 0 Å². The molecule has 0 aromatic heterocycles. The Hall–Kier alpha value is -0.0500. The summed E-state index contributed by atoms with van der Waals surface area (Å²) < 4.78 is 4.96. The predicted molar refractivity (Wildman–Crippen MR) is 40.1 cm³/mol. The van der Waals surface area contributed by atoms with Gasteiger partial charge in [-0.05, 0) is 0 Å². The zero-order chi connectivity index (χ0) is 5.82. The van der Waals surface area contributed by atoms with Gasteiger partial charge in [-0.2, -0.15) is 0 Å². The molecule has 0 aromatic rings. The first kappa shape index (κ1) is 8.95. The summed E-state index contributed by atoms with van der Waals surface area (Å²) >= 11 is 0. The highest BCUT2D eigenvalue weighted by Crippen LogP contribution is 2.05. The molecule has 1 aliphatic rings. The molecule has 54 valence electrons. The molecule has 1 N–H and O–H groups in total. The van der Waals surface area contributed by atoms with Crippen LogP contribution in [0.4, 0.5) is 0 Å². The van der Waals surface area contributed by atoms with Crippen molar-refractivity contribution >= 4 is 12.4 Å². The summed E-state index contributed by atoms with van der Waals surface area (Å²) in [6.07, 6.45) is 2.34. The topological polar surface area (TPSA) is 24.6 Å². The second kappa shape index (κ2) is 4.79. The van der Waals surface area contributed by atoms with Gasteiger partial charge >= 0.3 is 0 Å². The minimum Gasteiger partial charge on any atom is -0.372 e. The van der Waals surface area contributed by atoms with E-state index in [1.165, 1.54) is 0 Å². The number of epoxide rings is 1. The molecule has 1 heterocycles. The molecule has 0 saturated carbocycles. The number of halogens is 1. The zero-order valence-electron chi connectivity index (χ0n) is 5.30. The second-order valence-corrected chi connectivity index (χ2v) is 1.90.